The zero-order valence-corrected chi connectivity index (χ0v) is 7.34. The molecule has 0 aliphatic rings. The van der Waals surface area contributed by atoms with Crippen LogP contribution in [0.1, 0.15) is 26.2 Å². The Morgan fingerprint density at radius 3 is 2.92 bits per heavy atom. The minimum Gasteiger partial charge on any atom is -0.396 e. The molecule has 0 spiro atoms. The first kappa shape index (κ1) is 11.0. The number of nitrogens with one attached hydrogen (secondary N) is 1. The number of hydrogen-bond donors (Lipinski definition) is 2. The number of rotatable bonds is 5. The summed E-state index contributed by atoms with van der Waals surface area (Å²) in [7, 11) is 0. The Hall–Kier alpha value is -1.01. The van der Waals surface area contributed by atoms with Crippen LogP contribution in [0, 0.1) is 12.3 Å². The summed E-state index contributed by atoms with van der Waals surface area (Å²) in [6.07, 6.45) is 6.49. The summed E-state index contributed by atoms with van der Waals surface area (Å²) in [6, 6.07) is 0.0289. The summed E-state index contributed by atoms with van der Waals surface area (Å²) in [6.45, 7) is 1.91. The van der Waals surface area contributed by atoms with Crippen LogP contribution in [-0.2, 0) is 4.79 Å². The second-order valence-corrected chi connectivity index (χ2v) is 2.70. The Balaban J connectivity index is 3.48. The number of aliphatic hydroxyl groups excluding tert-OH is 1. The van der Waals surface area contributed by atoms with E-state index in [9.17, 15) is 4.79 Å². The molecule has 3 heteroatoms. The first-order valence-corrected chi connectivity index (χ1v) is 4.04. The normalized spacial score (nSPS) is 11.8. The predicted molar refractivity (Wildman–Crippen MR) is 47.4 cm³/mol. The molecular formula is C9H15NO2. The van der Waals surface area contributed by atoms with Crippen molar-refractivity contribution in [3.8, 4) is 12.3 Å². The summed E-state index contributed by atoms with van der Waals surface area (Å²) in [5.74, 6) is 2.42. The van der Waals surface area contributed by atoms with Gasteiger partial charge in [0.25, 0.3) is 0 Å². The Morgan fingerprint density at radius 2 is 2.42 bits per heavy atom. The number of aliphatic hydroxyl groups is 1. The smallest absolute Gasteiger partial charge is 0.220 e. The summed E-state index contributed by atoms with van der Waals surface area (Å²) in [5, 5.41) is 11.2. The minimum absolute atomic E-state index is 0.0289. The van der Waals surface area contributed by atoms with Crippen molar-refractivity contribution >= 4 is 5.91 Å². The highest BCUT2D eigenvalue weighted by Crippen LogP contribution is 1.92. The largest absolute Gasteiger partial charge is 0.396 e. The molecule has 0 aromatic heterocycles. The molecule has 0 heterocycles. The van der Waals surface area contributed by atoms with Gasteiger partial charge in [0.2, 0.25) is 5.91 Å². The number of carbonyl (C=O) groups excluding carboxylic acids is 1. The molecule has 0 aromatic carbocycles. The van der Waals surface area contributed by atoms with Crippen LogP contribution in [0.4, 0.5) is 0 Å². The third kappa shape index (κ3) is 5.75. The van der Waals surface area contributed by atoms with Gasteiger partial charge in [-0.05, 0) is 13.3 Å². The molecule has 0 rings (SSSR count). The molecule has 0 saturated carbocycles. The van der Waals surface area contributed by atoms with E-state index in [0.29, 0.717) is 19.3 Å². The molecule has 0 radical (unpaired) electrons. The first-order valence-electron chi connectivity index (χ1n) is 4.04. The molecule has 68 valence electrons. The lowest BCUT2D eigenvalue weighted by atomic mass is 10.2. The average Bonchev–Trinajstić information content (AvgIpc) is 2.01. The number of carbonyl (C=O) groups is 1. The lowest BCUT2D eigenvalue weighted by Crippen LogP contribution is -2.32. The standard InChI is InChI=1S/C9H15NO2/c1-3-5-8(2)10-9(12)6-4-7-11/h1,8,11H,4-7H2,2H3,(H,10,12). The van der Waals surface area contributed by atoms with E-state index in [1.54, 1.807) is 0 Å². The fourth-order valence-corrected chi connectivity index (χ4v) is 0.814. The Kier molecular flexibility index (Phi) is 6.12. The van der Waals surface area contributed by atoms with E-state index in [1.807, 2.05) is 6.92 Å². The molecule has 3 nitrogen and oxygen atoms in total. The fraction of sp³-hybridized carbons (Fsp3) is 0.667. The molecule has 0 aliphatic carbocycles. The fourth-order valence-electron chi connectivity index (χ4n) is 0.814. The third-order valence-corrected chi connectivity index (χ3v) is 1.39. The summed E-state index contributed by atoms with van der Waals surface area (Å²) in [4.78, 5) is 11.0. The van der Waals surface area contributed by atoms with Crippen LogP contribution >= 0.6 is 0 Å². The zero-order valence-electron chi connectivity index (χ0n) is 7.34. The lowest BCUT2D eigenvalue weighted by Gasteiger charge is -2.09. The molecular weight excluding hydrogens is 154 g/mol. The maximum Gasteiger partial charge on any atom is 0.220 e. The van der Waals surface area contributed by atoms with Gasteiger partial charge in [0.05, 0.1) is 0 Å². The van der Waals surface area contributed by atoms with E-state index in [-0.39, 0.29) is 18.6 Å². The molecule has 1 atom stereocenters. The SMILES string of the molecule is C#CCC(C)NC(=O)CCCO. The maximum absolute atomic E-state index is 11.0. The number of terminal acetylenes is 1. The summed E-state index contributed by atoms with van der Waals surface area (Å²) < 4.78 is 0. The molecule has 0 fully saturated rings. The predicted octanol–water partition coefficient (Wildman–Crippen LogP) is 0.287. The van der Waals surface area contributed by atoms with Crippen molar-refractivity contribution in [1.29, 1.82) is 0 Å². The van der Waals surface area contributed by atoms with Crippen LogP contribution < -0.4 is 5.32 Å². The van der Waals surface area contributed by atoms with Gasteiger partial charge in [-0.15, -0.1) is 12.3 Å². The van der Waals surface area contributed by atoms with Gasteiger partial charge in [0.15, 0.2) is 0 Å². The van der Waals surface area contributed by atoms with Crippen molar-refractivity contribution in [3.63, 3.8) is 0 Å². The first-order chi connectivity index (χ1) is 5.70. The van der Waals surface area contributed by atoms with E-state index in [1.165, 1.54) is 0 Å². The van der Waals surface area contributed by atoms with Gasteiger partial charge >= 0.3 is 0 Å². The van der Waals surface area contributed by atoms with Crippen molar-refractivity contribution in [2.75, 3.05) is 6.61 Å². The molecule has 0 bridgehead atoms. The van der Waals surface area contributed by atoms with E-state index in [0.717, 1.165) is 0 Å². The molecule has 0 saturated heterocycles. The van der Waals surface area contributed by atoms with Crippen LogP contribution in [0.25, 0.3) is 0 Å². The highest BCUT2D eigenvalue weighted by Gasteiger charge is 2.04. The van der Waals surface area contributed by atoms with E-state index < -0.39 is 0 Å². The maximum atomic E-state index is 11.0. The molecule has 2 N–H and O–H groups in total. The van der Waals surface area contributed by atoms with Gasteiger partial charge < -0.3 is 10.4 Å². The topological polar surface area (TPSA) is 49.3 Å². The van der Waals surface area contributed by atoms with Gasteiger partial charge in [-0.3, -0.25) is 4.79 Å². The Bertz CT molecular complexity index is 172. The highest BCUT2D eigenvalue weighted by atomic mass is 16.3. The van der Waals surface area contributed by atoms with Gasteiger partial charge in [-0.1, -0.05) is 0 Å². The van der Waals surface area contributed by atoms with Crippen molar-refractivity contribution < 1.29 is 9.90 Å². The summed E-state index contributed by atoms with van der Waals surface area (Å²) in [5.41, 5.74) is 0. The number of amides is 1. The van der Waals surface area contributed by atoms with Gasteiger partial charge in [0.1, 0.15) is 0 Å². The van der Waals surface area contributed by atoms with Crippen LogP contribution in [-0.4, -0.2) is 23.7 Å². The number of hydrogen-bond acceptors (Lipinski definition) is 2. The highest BCUT2D eigenvalue weighted by molar-refractivity contribution is 5.76. The zero-order chi connectivity index (χ0) is 9.40. The summed E-state index contributed by atoms with van der Waals surface area (Å²) >= 11 is 0. The van der Waals surface area contributed by atoms with Crippen LogP contribution in [0.15, 0.2) is 0 Å². The second kappa shape index (κ2) is 6.68. The van der Waals surface area contributed by atoms with Crippen molar-refractivity contribution in [1.82, 2.24) is 5.32 Å². The van der Waals surface area contributed by atoms with Crippen LogP contribution in [0.3, 0.4) is 0 Å². The lowest BCUT2D eigenvalue weighted by molar-refractivity contribution is -0.121. The van der Waals surface area contributed by atoms with E-state index in [2.05, 4.69) is 11.2 Å². The van der Waals surface area contributed by atoms with Gasteiger partial charge in [-0.2, -0.15) is 0 Å². The molecule has 1 unspecified atom stereocenters. The van der Waals surface area contributed by atoms with Crippen LogP contribution in [0.5, 0.6) is 0 Å². The van der Waals surface area contributed by atoms with E-state index in [4.69, 9.17) is 11.5 Å². The molecule has 1 amide bonds. The van der Waals surface area contributed by atoms with Gasteiger partial charge in [-0.25, -0.2) is 0 Å². The second-order valence-electron chi connectivity index (χ2n) is 2.70. The van der Waals surface area contributed by atoms with E-state index >= 15 is 0 Å². The van der Waals surface area contributed by atoms with Crippen LogP contribution in [0.2, 0.25) is 0 Å². The minimum atomic E-state index is -0.0493. The molecule has 12 heavy (non-hydrogen) atoms. The van der Waals surface area contributed by atoms with Crippen molar-refractivity contribution in [2.45, 2.75) is 32.2 Å². The Morgan fingerprint density at radius 1 is 1.75 bits per heavy atom. The van der Waals surface area contributed by atoms with Crippen molar-refractivity contribution in [2.24, 2.45) is 0 Å². The quantitative estimate of drug-likeness (QED) is 0.581. The molecule has 0 aromatic rings. The van der Waals surface area contributed by atoms with Crippen molar-refractivity contribution in [3.05, 3.63) is 0 Å². The monoisotopic (exact) mass is 169 g/mol. The third-order valence-electron chi connectivity index (χ3n) is 1.39. The average molecular weight is 169 g/mol. The van der Waals surface area contributed by atoms with Gasteiger partial charge in [0, 0.05) is 25.5 Å². The Labute approximate surface area is 73.2 Å². The molecule has 0 aliphatic heterocycles.